The number of amides is 1. The summed E-state index contributed by atoms with van der Waals surface area (Å²) in [5.74, 6) is 1.94. The highest BCUT2D eigenvalue weighted by molar-refractivity contribution is 5.79. The molecule has 2 aromatic heterocycles. The smallest absolute Gasteiger partial charge is 0.221 e. The number of aryl methyl sites for hydroxylation is 1. The van der Waals surface area contributed by atoms with Gasteiger partial charge in [-0.05, 0) is 31.2 Å². The van der Waals surface area contributed by atoms with Gasteiger partial charge in [0.15, 0.2) is 5.76 Å². The average Bonchev–Trinajstić information content (AvgIpc) is 3.40. The summed E-state index contributed by atoms with van der Waals surface area (Å²) in [7, 11) is 0. The lowest BCUT2D eigenvalue weighted by Gasteiger charge is -2.32. The minimum atomic E-state index is -0.0671. The summed E-state index contributed by atoms with van der Waals surface area (Å²) in [5.41, 5.74) is 9.16. The van der Waals surface area contributed by atoms with Crippen molar-refractivity contribution in [2.45, 2.75) is 25.4 Å². The van der Waals surface area contributed by atoms with Crippen LogP contribution in [0.1, 0.15) is 23.7 Å². The second-order valence-corrected chi connectivity index (χ2v) is 7.17. The van der Waals surface area contributed by atoms with Crippen molar-refractivity contribution in [2.24, 2.45) is 5.92 Å². The molecule has 7 heteroatoms. The van der Waals surface area contributed by atoms with Crippen LogP contribution in [-0.4, -0.2) is 28.4 Å². The fourth-order valence-electron chi connectivity index (χ4n) is 4.08. The Morgan fingerprint density at radius 2 is 2.04 bits per heavy atom. The van der Waals surface area contributed by atoms with Crippen molar-refractivity contribution < 1.29 is 9.21 Å². The van der Waals surface area contributed by atoms with Crippen LogP contribution in [0, 0.1) is 12.8 Å². The van der Waals surface area contributed by atoms with Crippen LogP contribution in [0.5, 0.6) is 0 Å². The van der Waals surface area contributed by atoms with Crippen molar-refractivity contribution in [1.82, 2.24) is 25.9 Å². The van der Waals surface area contributed by atoms with Gasteiger partial charge in [0, 0.05) is 36.6 Å². The van der Waals surface area contributed by atoms with Crippen molar-refractivity contribution in [3.63, 3.8) is 0 Å². The number of hydrogen-bond donors (Lipinski definition) is 3. The topological polar surface area (TPSA) is 84.1 Å². The van der Waals surface area contributed by atoms with E-state index in [0.29, 0.717) is 6.42 Å². The van der Waals surface area contributed by atoms with Gasteiger partial charge in [0.25, 0.3) is 0 Å². The Balaban J connectivity index is 1.63. The number of carbonyl (C=O) groups excluding carboxylic acids is 1. The van der Waals surface area contributed by atoms with Gasteiger partial charge in [-0.15, -0.1) is 0 Å². The molecule has 7 nitrogen and oxygen atoms in total. The highest BCUT2D eigenvalue weighted by atomic mass is 16.3. The van der Waals surface area contributed by atoms with E-state index in [1.54, 1.807) is 0 Å². The lowest BCUT2D eigenvalue weighted by molar-refractivity contribution is -0.124. The molecule has 0 bridgehead atoms. The molecule has 1 amide bonds. The summed E-state index contributed by atoms with van der Waals surface area (Å²) in [4.78, 5) is 12.3. The number of fused-ring (bicyclic) bond motifs is 1. The van der Waals surface area contributed by atoms with Crippen LogP contribution in [0.15, 0.2) is 53.1 Å². The normalized spacial score (nSPS) is 24.6. The highest BCUT2D eigenvalue weighted by Gasteiger charge is 2.42. The molecule has 138 valence electrons. The molecule has 2 fully saturated rings. The van der Waals surface area contributed by atoms with Crippen LogP contribution < -0.4 is 16.2 Å². The third-order valence-corrected chi connectivity index (χ3v) is 5.40. The number of carbonyl (C=O) groups is 1. The van der Waals surface area contributed by atoms with E-state index in [-0.39, 0.29) is 23.9 Å². The van der Waals surface area contributed by atoms with Crippen molar-refractivity contribution in [1.29, 1.82) is 0 Å². The molecular weight excluding hydrogens is 342 g/mol. The maximum atomic E-state index is 12.3. The Kier molecular flexibility index (Phi) is 3.84. The molecule has 0 saturated carbocycles. The average molecular weight is 363 g/mol. The first-order valence-electron chi connectivity index (χ1n) is 9.18. The first-order chi connectivity index (χ1) is 13.2. The molecule has 3 unspecified atom stereocenters. The van der Waals surface area contributed by atoms with E-state index in [0.717, 1.165) is 35.0 Å². The molecule has 1 aromatic carbocycles. The fraction of sp³-hybridized carbons (Fsp3) is 0.300. The number of para-hydroxylation sites is 1. The Hall–Kier alpha value is -2.90. The number of benzene rings is 1. The van der Waals surface area contributed by atoms with Gasteiger partial charge < -0.3 is 9.73 Å². The zero-order valence-corrected chi connectivity index (χ0v) is 15.0. The minimum Gasteiger partial charge on any atom is -0.460 e. The number of hydrazine groups is 1. The molecule has 2 aliphatic rings. The molecular formula is C20H21N5O2. The molecule has 5 rings (SSSR count). The van der Waals surface area contributed by atoms with Gasteiger partial charge in [-0.1, -0.05) is 18.2 Å². The standard InChI is InChI=1S/C20H21N5O2/c1-12-7-8-17(27-12)19-16(11-25(24-19)13-5-3-2-4-6-13)14-9-18(26)22-20-15(14)10-21-23-20/h2-8,11,14-15,20-21,23H,9-10H2,1H3,(H,22,26). The lowest BCUT2D eigenvalue weighted by atomic mass is 9.79. The summed E-state index contributed by atoms with van der Waals surface area (Å²) >= 11 is 0. The van der Waals surface area contributed by atoms with E-state index >= 15 is 0 Å². The molecule has 3 atom stereocenters. The molecule has 0 radical (unpaired) electrons. The lowest BCUT2D eigenvalue weighted by Crippen LogP contribution is -2.52. The first-order valence-corrected chi connectivity index (χ1v) is 9.18. The molecule has 3 aromatic rings. The molecule has 2 saturated heterocycles. The van der Waals surface area contributed by atoms with Gasteiger partial charge in [0.05, 0.1) is 11.9 Å². The number of nitrogens with one attached hydrogen (secondary N) is 3. The third kappa shape index (κ3) is 2.85. The third-order valence-electron chi connectivity index (χ3n) is 5.40. The Labute approximate surface area is 156 Å². The van der Waals surface area contributed by atoms with Gasteiger partial charge in [-0.3, -0.25) is 10.2 Å². The largest absolute Gasteiger partial charge is 0.460 e. The second kappa shape index (κ2) is 6.37. The molecule has 3 N–H and O–H groups in total. The molecule has 0 spiro atoms. The van der Waals surface area contributed by atoms with Crippen LogP contribution >= 0.6 is 0 Å². The van der Waals surface area contributed by atoms with Gasteiger partial charge in [0.1, 0.15) is 11.5 Å². The zero-order valence-electron chi connectivity index (χ0n) is 15.0. The zero-order chi connectivity index (χ0) is 18.4. The van der Waals surface area contributed by atoms with E-state index in [1.807, 2.05) is 60.3 Å². The number of nitrogens with zero attached hydrogens (tertiary/aromatic N) is 2. The van der Waals surface area contributed by atoms with Crippen LogP contribution in [0.4, 0.5) is 0 Å². The number of hydrogen-bond acceptors (Lipinski definition) is 5. The van der Waals surface area contributed by atoms with E-state index in [2.05, 4.69) is 16.2 Å². The highest BCUT2D eigenvalue weighted by Crippen LogP contribution is 2.39. The number of piperidine rings is 1. The van der Waals surface area contributed by atoms with Crippen LogP contribution in [-0.2, 0) is 4.79 Å². The molecule has 4 heterocycles. The van der Waals surface area contributed by atoms with Gasteiger partial charge in [-0.2, -0.15) is 5.10 Å². The molecule has 2 aliphatic heterocycles. The maximum Gasteiger partial charge on any atom is 0.221 e. The number of furan rings is 1. The SMILES string of the molecule is Cc1ccc(-c2nn(-c3ccccc3)cc2C2CC(=O)NC3NNCC32)o1. The van der Waals surface area contributed by atoms with Crippen LogP contribution in [0.3, 0.4) is 0 Å². The maximum absolute atomic E-state index is 12.3. The summed E-state index contributed by atoms with van der Waals surface area (Å²) in [6.07, 6.45) is 2.42. The van der Waals surface area contributed by atoms with Crippen LogP contribution in [0.2, 0.25) is 0 Å². The number of rotatable bonds is 3. The van der Waals surface area contributed by atoms with Crippen molar-refractivity contribution in [2.75, 3.05) is 6.54 Å². The van der Waals surface area contributed by atoms with Crippen molar-refractivity contribution >= 4 is 5.91 Å². The van der Waals surface area contributed by atoms with Crippen LogP contribution in [0.25, 0.3) is 17.1 Å². The van der Waals surface area contributed by atoms with E-state index in [4.69, 9.17) is 9.52 Å². The molecule has 0 aliphatic carbocycles. The fourth-order valence-corrected chi connectivity index (χ4v) is 4.08. The summed E-state index contributed by atoms with van der Waals surface area (Å²) in [6, 6.07) is 13.9. The second-order valence-electron chi connectivity index (χ2n) is 7.17. The summed E-state index contributed by atoms with van der Waals surface area (Å²) < 4.78 is 7.76. The monoisotopic (exact) mass is 363 g/mol. The Bertz CT molecular complexity index is 977. The Morgan fingerprint density at radius 3 is 2.81 bits per heavy atom. The predicted molar refractivity (Wildman–Crippen MR) is 99.9 cm³/mol. The van der Waals surface area contributed by atoms with E-state index < -0.39 is 0 Å². The summed E-state index contributed by atoms with van der Waals surface area (Å²) in [5, 5.41) is 7.85. The summed E-state index contributed by atoms with van der Waals surface area (Å²) in [6.45, 7) is 2.72. The van der Waals surface area contributed by atoms with E-state index in [9.17, 15) is 4.79 Å². The Morgan fingerprint density at radius 1 is 1.19 bits per heavy atom. The van der Waals surface area contributed by atoms with Crippen molar-refractivity contribution in [3.05, 3.63) is 60.0 Å². The first kappa shape index (κ1) is 16.3. The van der Waals surface area contributed by atoms with Gasteiger partial charge in [0.2, 0.25) is 5.91 Å². The minimum absolute atomic E-state index is 0.0477. The van der Waals surface area contributed by atoms with Gasteiger partial charge >= 0.3 is 0 Å². The van der Waals surface area contributed by atoms with Gasteiger partial charge in [-0.25, -0.2) is 10.1 Å². The van der Waals surface area contributed by atoms with Crippen molar-refractivity contribution in [3.8, 4) is 17.1 Å². The predicted octanol–water partition coefficient (Wildman–Crippen LogP) is 2.09. The number of aromatic nitrogens is 2. The molecule has 27 heavy (non-hydrogen) atoms. The van der Waals surface area contributed by atoms with E-state index in [1.165, 1.54) is 0 Å². The quantitative estimate of drug-likeness (QED) is 0.664.